The zero-order valence-electron chi connectivity index (χ0n) is 12.3. The Morgan fingerprint density at radius 2 is 2.18 bits per heavy atom. The van der Waals surface area contributed by atoms with E-state index in [2.05, 4.69) is 16.4 Å². The van der Waals surface area contributed by atoms with Crippen molar-refractivity contribution in [1.82, 2.24) is 4.98 Å². The first-order chi connectivity index (χ1) is 10.8. The number of fused-ring (bicyclic) bond motifs is 1. The van der Waals surface area contributed by atoms with E-state index in [0.717, 1.165) is 42.9 Å². The number of nitrogens with one attached hydrogen (secondary N) is 1. The van der Waals surface area contributed by atoms with E-state index in [9.17, 15) is 4.79 Å². The molecule has 2 aromatic rings. The van der Waals surface area contributed by atoms with E-state index in [-0.39, 0.29) is 11.8 Å². The van der Waals surface area contributed by atoms with Crippen molar-refractivity contribution >= 4 is 22.4 Å². The lowest BCUT2D eigenvalue weighted by molar-refractivity contribution is -0.119. The predicted molar refractivity (Wildman–Crippen MR) is 87.3 cm³/mol. The van der Waals surface area contributed by atoms with Gasteiger partial charge in [-0.3, -0.25) is 4.79 Å². The van der Waals surface area contributed by atoms with Gasteiger partial charge < -0.3 is 10.1 Å². The Kier molecular flexibility index (Phi) is 3.58. The fourth-order valence-corrected chi connectivity index (χ4v) is 3.93. The fraction of sp³-hybridized carbons (Fsp3) is 0.412. The topological polar surface area (TPSA) is 51.2 Å². The van der Waals surface area contributed by atoms with Crippen molar-refractivity contribution < 1.29 is 9.53 Å². The molecule has 4 nitrogen and oxygen atoms in total. The van der Waals surface area contributed by atoms with Gasteiger partial charge in [-0.1, -0.05) is 12.8 Å². The van der Waals surface area contributed by atoms with Crippen LogP contribution >= 0.6 is 11.3 Å². The molecule has 1 N–H and O–H groups in total. The Labute approximate surface area is 133 Å². The highest BCUT2D eigenvalue weighted by Gasteiger charge is 2.23. The molecule has 1 aliphatic heterocycles. The first kappa shape index (κ1) is 13.8. The van der Waals surface area contributed by atoms with Crippen LogP contribution in [0, 0.1) is 5.92 Å². The summed E-state index contributed by atoms with van der Waals surface area (Å²) < 4.78 is 5.53. The molecule has 1 aromatic heterocycles. The van der Waals surface area contributed by atoms with E-state index >= 15 is 0 Å². The molecule has 2 aliphatic rings. The van der Waals surface area contributed by atoms with Crippen molar-refractivity contribution in [1.29, 1.82) is 0 Å². The van der Waals surface area contributed by atoms with E-state index in [1.54, 1.807) is 0 Å². The molecule has 0 unspecified atom stereocenters. The molecular formula is C17H18N2O2S. The van der Waals surface area contributed by atoms with Gasteiger partial charge in [-0.15, -0.1) is 11.3 Å². The average Bonchev–Trinajstić information content (AvgIpc) is 3.27. The van der Waals surface area contributed by atoms with Crippen LogP contribution in [0.15, 0.2) is 23.6 Å². The van der Waals surface area contributed by atoms with Gasteiger partial charge in [0.15, 0.2) is 5.13 Å². The third-order valence-corrected chi connectivity index (χ3v) is 5.20. The number of benzene rings is 1. The minimum Gasteiger partial charge on any atom is -0.493 e. The maximum Gasteiger partial charge on any atom is 0.229 e. The number of carbonyl (C=O) groups excluding carboxylic acids is 1. The summed E-state index contributed by atoms with van der Waals surface area (Å²) in [7, 11) is 0. The van der Waals surface area contributed by atoms with E-state index in [4.69, 9.17) is 4.74 Å². The molecule has 1 amide bonds. The third kappa shape index (κ3) is 2.61. The molecule has 1 fully saturated rings. The Balaban J connectivity index is 1.50. The minimum atomic E-state index is 0.126. The van der Waals surface area contributed by atoms with Gasteiger partial charge in [0.2, 0.25) is 5.91 Å². The quantitative estimate of drug-likeness (QED) is 0.935. The summed E-state index contributed by atoms with van der Waals surface area (Å²) in [5, 5.41) is 5.67. The number of rotatable bonds is 3. The first-order valence-corrected chi connectivity index (χ1v) is 8.70. The second kappa shape index (κ2) is 5.72. The number of hydrogen-bond donors (Lipinski definition) is 1. The zero-order valence-corrected chi connectivity index (χ0v) is 13.1. The molecule has 0 saturated heterocycles. The van der Waals surface area contributed by atoms with E-state index in [0.29, 0.717) is 5.13 Å². The second-order valence-corrected chi connectivity index (χ2v) is 6.79. The SMILES string of the molecule is O=C(Nc1nc(-c2ccc3c(c2)CCO3)cs1)C1CCCC1. The molecule has 5 heteroatoms. The van der Waals surface area contributed by atoms with Crippen molar-refractivity contribution in [3.63, 3.8) is 0 Å². The molecule has 2 heterocycles. The zero-order chi connectivity index (χ0) is 14.9. The van der Waals surface area contributed by atoms with Crippen LogP contribution in [0.1, 0.15) is 31.2 Å². The van der Waals surface area contributed by atoms with Crippen molar-refractivity contribution in [2.75, 3.05) is 11.9 Å². The summed E-state index contributed by atoms with van der Waals surface area (Å²) in [6.07, 6.45) is 5.30. The van der Waals surface area contributed by atoms with Crippen LogP contribution in [0.25, 0.3) is 11.3 Å². The predicted octanol–water partition coefficient (Wildman–Crippen LogP) is 3.87. The van der Waals surface area contributed by atoms with Gasteiger partial charge in [-0.05, 0) is 36.6 Å². The Morgan fingerprint density at radius 1 is 1.32 bits per heavy atom. The molecule has 0 spiro atoms. The van der Waals surface area contributed by atoms with Crippen molar-refractivity contribution in [2.45, 2.75) is 32.1 Å². The lowest BCUT2D eigenvalue weighted by Crippen LogP contribution is -2.20. The van der Waals surface area contributed by atoms with Crippen LogP contribution in [-0.4, -0.2) is 17.5 Å². The van der Waals surface area contributed by atoms with Crippen LogP contribution in [-0.2, 0) is 11.2 Å². The van der Waals surface area contributed by atoms with Crippen LogP contribution < -0.4 is 10.1 Å². The molecule has 22 heavy (non-hydrogen) atoms. The van der Waals surface area contributed by atoms with E-state index in [1.807, 2.05) is 17.5 Å². The highest BCUT2D eigenvalue weighted by atomic mass is 32.1. The summed E-state index contributed by atoms with van der Waals surface area (Å²) >= 11 is 1.49. The summed E-state index contributed by atoms with van der Waals surface area (Å²) in [5.41, 5.74) is 3.24. The summed E-state index contributed by atoms with van der Waals surface area (Å²) in [5.74, 6) is 1.28. The molecule has 1 saturated carbocycles. The number of amides is 1. The molecule has 1 aliphatic carbocycles. The number of anilines is 1. The maximum atomic E-state index is 12.2. The fourth-order valence-electron chi connectivity index (χ4n) is 3.21. The van der Waals surface area contributed by atoms with Crippen molar-refractivity contribution in [3.05, 3.63) is 29.1 Å². The summed E-state index contributed by atoms with van der Waals surface area (Å²) in [6.45, 7) is 0.762. The molecule has 0 atom stereocenters. The van der Waals surface area contributed by atoms with Gasteiger partial charge in [-0.2, -0.15) is 0 Å². The molecule has 0 radical (unpaired) electrons. The number of aromatic nitrogens is 1. The van der Waals surface area contributed by atoms with E-state index < -0.39 is 0 Å². The average molecular weight is 314 g/mol. The molecule has 0 bridgehead atoms. The number of ether oxygens (including phenoxy) is 1. The third-order valence-electron chi connectivity index (χ3n) is 4.45. The van der Waals surface area contributed by atoms with Gasteiger partial charge >= 0.3 is 0 Å². The lowest BCUT2D eigenvalue weighted by atomic mass is 10.1. The van der Waals surface area contributed by atoms with Crippen molar-refractivity contribution in [3.8, 4) is 17.0 Å². The Morgan fingerprint density at radius 3 is 3.05 bits per heavy atom. The van der Waals surface area contributed by atoms with Gasteiger partial charge in [0.1, 0.15) is 5.75 Å². The highest BCUT2D eigenvalue weighted by Crippen LogP contribution is 2.32. The highest BCUT2D eigenvalue weighted by molar-refractivity contribution is 7.14. The number of thiazole rings is 1. The number of nitrogens with zero attached hydrogens (tertiary/aromatic N) is 1. The van der Waals surface area contributed by atoms with Gasteiger partial charge in [0.25, 0.3) is 0 Å². The Bertz CT molecular complexity index is 704. The molecule has 1 aromatic carbocycles. The maximum absolute atomic E-state index is 12.2. The van der Waals surface area contributed by atoms with Crippen LogP contribution in [0.3, 0.4) is 0 Å². The van der Waals surface area contributed by atoms with Gasteiger partial charge in [0.05, 0.1) is 12.3 Å². The normalized spacial score (nSPS) is 17.3. The summed E-state index contributed by atoms with van der Waals surface area (Å²) in [6, 6.07) is 6.18. The van der Waals surface area contributed by atoms with Crippen LogP contribution in [0.2, 0.25) is 0 Å². The first-order valence-electron chi connectivity index (χ1n) is 7.82. The largest absolute Gasteiger partial charge is 0.493 e. The van der Waals surface area contributed by atoms with Crippen LogP contribution in [0.5, 0.6) is 5.75 Å². The van der Waals surface area contributed by atoms with Crippen molar-refractivity contribution in [2.24, 2.45) is 5.92 Å². The summed E-state index contributed by atoms with van der Waals surface area (Å²) in [4.78, 5) is 16.7. The lowest BCUT2D eigenvalue weighted by Gasteiger charge is -2.07. The molecular weight excluding hydrogens is 296 g/mol. The number of carbonyl (C=O) groups is 1. The van der Waals surface area contributed by atoms with E-state index in [1.165, 1.54) is 29.7 Å². The molecule has 4 rings (SSSR count). The monoisotopic (exact) mass is 314 g/mol. The standard InChI is InChI=1S/C17H18N2O2S/c20-16(11-3-1-2-4-11)19-17-18-14(10-22-17)12-5-6-15-13(9-12)7-8-21-15/h5-6,9-11H,1-4,7-8H2,(H,18,19,20). The van der Waals surface area contributed by atoms with Gasteiger partial charge in [-0.25, -0.2) is 4.98 Å². The Hall–Kier alpha value is -1.88. The smallest absolute Gasteiger partial charge is 0.229 e. The second-order valence-electron chi connectivity index (χ2n) is 5.93. The molecule has 114 valence electrons. The minimum absolute atomic E-state index is 0.126. The van der Waals surface area contributed by atoms with Gasteiger partial charge in [0, 0.05) is 23.3 Å². The van der Waals surface area contributed by atoms with Crippen LogP contribution in [0.4, 0.5) is 5.13 Å². The number of hydrogen-bond acceptors (Lipinski definition) is 4.